The molecule has 1 N–H and O–H groups in total. The molecule has 0 aromatic heterocycles. The van der Waals surface area contributed by atoms with Crippen LogP contribution >= 0.6 is 0 Å². The molecule has 3 heterocycles. The van der Waals surface area contributed by atoms with Crippen LogP contribution in [0.15, 0.2) is 231 Å². The first-order valence-electron chi connectivity index (χ1n) is 29.5. The van der Waals surface area contributed by atoms with Crippen molar-refractivity contribution in [1.29, 1.82) is 0 Å². The normalized spacial score (nSPS) is 23.7. The molecule has 456 valence electrons. The summed E-state index contributed by atoms with van der Waals surface area (Å²) in [6, 6.07) is 70.4. The van der Waals surface area contributed by atoms with Crippen LogP contribution < -0.4 is 20.4 Å². The molecule has 11 atom stereocenters. The number of fused-ring (bicyclic) bond motifs is 1. The third kappa shape index (κ3) is 14.8. The van der Waals surface area contributed by atoms with Gasteiger partial charge in [-0.1, -0.05) is 203 Å². The number of carbonyl (C=O) groups excluding carboxylic acids is 2. The van der Waals surface area contributed by atoms with Crippen molar-refractivity contribution < 1.29 is 70.5 Å². The van der Waals surface area contributed by atoms with Crippen molar-refractivity contribution in [3.8, 4) is 5.75 Å². The molecule has 15 nitrogen and oxygen atoms in total. The van der Waals surface area contributed by atoms with E-state index < -0.39 is 98.9 Å². The topological polar surface area (TPSA) is 157 Å². The van der Waals surface area contributed by atoms with Gasteiger partial charge in [-0.3, -0.25) is 5.32 Å². The lowest BCUT2D eigenvalue weighted by atomic mass is 9.95. The highest BCUT2D eigenvalue weighted by Gasteiger charge is 2.58. The van der Waals surface area contributed by atoms with Crippen LogP contribution in [0, 0.1) is 5.82 Å². The monoisotopic (exact) mass is 1210 g/mol. The second-order valence-corrected chi connectivity index (χ2v) is 27.1. The zero-order valence-electron chi connectivity index (χ0n) is 49.4. The van der Waals surface area contributed by atoms with E-state index >= 15 is 0 Å². The summed E-state index contributed by atoms with van der Waals surface area (Å²) in [6.45, 7) is 6.43. The predicted octanol–water partition coefficient (Wildman–Crippen LogP) is 11.9. The Morgan fingerprint density at radius 3 is 1.66 bits per heavy atom. The SMILES string of the molecule is COc1ccc(CO[C@H]2[C@H](O[C@H]3[C@H](OCc4ccccc4)[C@@H](OC(=O)c4ccccc4)[C@H](OCc4ccccc4)O[C@@H]3CO[Si](c3ccccc3)(c3ccccc3)C(C)(C)C)O[C@@H]3COC(c4ccccc4)O[C@@H]3[C@@H]2OC(=O)Nc2ccc(F)cc2)cc1. The Labute approximate surface area is 513 Å². The molecule has 3 fully saturated rings. The van der Waals surface area contributed by atoms with Gasteiger partial charge in [0, 0.05) is 11.3 Å². The third-order valence-corrected chi connectivity index (χ3v) is 20.9. The molecule has 8 aromatic rings. The van der Waals surface area contributed by atoms with Crippen molar-refractivity contribution in [2.45, 2.75) is 113 Å². The Balaban J connectivity index is 1.05. The Morgan fingerprint density at radius 2 is 1.08 bits per heavy atom. The highest BCUT2D eigenvalue weighted by atomic mass is 28.4. The molecule has 11 rings (SSSR count). The summed E-state index contributed by atoms with van der Waals surface area (Å²) in [5.41, 5.74) is 3.65. The fourth-order valence-electron chi connectivity index (χ4n) is 11.5. The van der Waals surface area contributed by atoms with E-state index in [0.29, 0.717) is 11.3 Å². The van der Waals surface area contributed by atoms with E-state index in [2.05, 4.69) is 50.4 Å². The van der Waals surface area contributed by atoms with E-state index in [9.17, 15) is 14.0 Å². The molecule has 0 aliphatic carbocycles. The minimum absolute atomic E-state index is 0.0178. The Bertz CT molecular complexity index is 3410. The molecule has 0 spiro atoms. The summed E-state index contributed by atoms with van der Waals surface area (Å²) in [5.74, 6) is -0.521. The second-order valence-electron chi connectivity index (χ2n) is 22.8. The predicted molar refractivity (Wildman–Crippen MR) is 330 cm³/mol. The van der Waals surface area contributed by atoms with Gasteiger partial charge in [0.1, 0.15) is 48.2 Å². The van der Waals surface area contributed by atoms with E-state index in [0.717, 1.165) is 27.1 Å². The summed E-state index contributed by atoms with van der Waals surface area (Å²) >= 11 is 0. The smallest absolute Gasteiger partial charge is 0.412 e. The van der Waals surface area contributed by atoms with Crippen LogP contribution in [0.3, 0.4) is 0 Å². The van der Waals surface area contributed by atoms with E-state index in [4.69, 9.17) is 56.5 Å². The highest BCUT2D eigenvalue weighted by molar-refractivity contribution is 6.99. The highest BCUT2D eigenvalue weighted by Crippen LogP contribution is 2.42. The Hall–Kier alpha value is -7.91. The first kappa shape index (κ1) is 61.7. The van der Waals surface area contributed by atoms with E-state index in [1.807, 2.05) is 158 Å². The maximum absolute atomic E-state index is 14.7. The fourth-order valence-corrected chi connectivity index (χ4v) is 16.1. The number of nitrogens with one attached hydrogen (secondary N) is 1. The molecule has 17 heteroatoms. The van der Waals surface area contributed by atoms with Crippen molar-refractivity contribution >= 4 is 36.4 Å². The van der Waals surface area contributed by atoms with Gasteiger partial charge in [-0.2, -0.15) is 0 Å². The number of amides is 1. The lowest BCUT2D eigenvalue weighted by Gasteiger charge is -2.51. The van der Waals surface area contributed by atoms with E-state index in [1.165, 1.54) is 24.3 Å². The molecule has 8 aromatic carbocycles. The van der Waals surface area contributed by atoms with E-state index in [-0.39, 0.29) is 44.3 Å². The van der Waals surface area contributed by atoms with Gasteiger partial charge in [0.25, 0.3) is 8.32 Å². The molecule has 0 radical (unpaired) electrons. The number of benzene rings is 8. The summed E-state index contributed by atoms with van der Waals surface area (Å²) in [6.07, 6.45) is -14.1. The van der Waals surface area contributed by atoms with Gasteiger partial charge < -0.3 is 56.5 Å². The minimum Gasteiger partial charge on any atom is -0.497 e. The van der Waals surface area contributed by atoms with Crippen molar-refractivity contribution in [2.75, 3.05) is 25.6 Å². The summed E-state index contributed by atoms with van der Waals surface area (Å²) < 4.78 is 97.0. The number of rotatable bonds is 22. The Kier molecular flexibility index (Phi) is 20.3. The summed E-state index contributed by atoms with van der Waals surface area (Å²) in [4.78, 5) is 29.2. The van der Waals surface area contributed by atoms with Crippen LogP contribution in [0.2, 0.25) is 5.04 Å². The van der Waals surface area contributed by atoms with Crippen LogP contribution in [-0.4, -0.2) is 102 Å². The molecule has 88 heavy (non-hydrogen) atoms. The maximum atomic E-state index is 14.7. The lowest BCUT2D eigenvalue weighted by molar-refractivity contribution is -0.391. The molecular weight excluding hydrogens is 1140 g/mol. The molecule has 0 saturated carbocycles. The number of halogens is 1. The van der Waals surface area contributed by atoms with Crippen molar-refractivity contribution in [3.05, 3.63) is 264 Å². The molecule has 3 aliphatic rings. The summed E-state index contributed by atoms with van der Waals surface area (Å²) in [5, 5.41) is 4.31. The van der Waals surface area contributed by atoms with Gasteiger partial charge in [-0.25, -0.2) is 14.0 Å². The number of carbonyl (C=O) groups is 2. The van der Waals surface area contributed by atoms with Gasteiger partial charge in [-0.05, 0) is 80.6 Å². The van der Waals surface area contributed by atoms with E-state index in [1.54, 1.807) is 31.4 Å². The molecule has 1 amide bonds. The maximum Gasteiger partial charge on any atom is 0.412 e. The number of hydrogen-bond acceptors (Lipinski definition) is 14. The standard InChI is InChI=1S/C71H72FNO14Si/c1-71(2,3)88(56-31-19-9-20-32-56,57-33-21-10-22-34-57)81-47-59-60(62(77-43-48-23-11-5-12-24-48)65(84-66(74)51-27-15-7-16-28-51)68(82-59)79-45-49-25-13-6-14-26-49)86-69-64(78-44-50-35-41-55(76-4)42-36-50)63(87-70(75)73-54-39-37-53(72)38-40-54)61-58(83-69)46-80-67(85-61)52-29-17-8-18-30-52/h5-42,58-65,67-69H,43-47H2,1-4H3,(H,73,75)/t58-,59-,60-,61+,62+,63+,64-,65-,67?,68-,69+/m1/s1. The molecular formula is C71H72FNO14Si. The lowest BCUT2D eigenvalue weighted by Crippen LogP contribution is -2.70. The van der Waals surface area contributed by atoms with Gasteiger partial charge >= 0.3 is 12.1 Å². The number of methoxy groups -OCH3 is 1. The summed E-state index contributed by atoms with van der Waals surface area (Å²) in [7, 11) is -1.78. The van der Waals surface area contributed by atoms with Crippen molar-refractivity contribution in [3.63, 3.8) is 0 Å². The largest absolute Gasteiger partial charge is 0.497 e. The average molecular weight is 1210 g/mol. The average Bonchev–Trinajstić information content (AvgIpc) is 1.19. The van der Waals surface area contributed by atoms with Crippen molar-refractivity contribution in [2.24, 2.45) is 0 Å². The van der Waals surface area contributed by atoms with Gasteiger partial charge in [0.15, 0.2) is 31.1 Å². The fraction of sp³-hybridized carbons (Fsp3) is 0.296. The number of esters is 1. The van der Waals surface area contributed by atoms with Crippen LogP contribution in [-0.2, 0) is 71.6 Å². The molecule has 0 bridgehead atoms. The van der Waals surface area contributed by atoms with Crippen LogP contribution in [0.1, 0.15) is 59.7 Å². The second kappa shape index (κ2) is 28.9. The molecule has 3 aliphatic heterocycles. The van der Waals surface area contributed by atoms with Gasteiger partial charge in [0.05, 0.1) is 45.7 Å². The third-order valence-electron chi connectivity index (χ3n) is 15.8. The molecule has 3 saturated heterocycles. The molecule has 1 unspecified atom stereocenters. The minimum atomic E-state index is -3.37. The van der Waals surface area contributed by atoms with Crippen LogP contribution in [0.25, 0.3) is 0 Å². The van der Waals surface area contributed by atoms with Crippen LogP contribution in [0.4, 0.5) is 14.9 Å². The number of anilines is 1. The zero-order valence-corrected chi connectivity index (χ0v) is 50.4. The Morgan fingerprint density at radius 1 is 0.545 bits per heavy atom. The number of hydrogen-bond donors (Lipinski definition) is 1. The van der Waals surface area contributed by atoms with Gasteiger partial charge in [-0.15, -0.1) is 0 Å². The zero-order chi connectivity index (χ0) is 60.9. The quantitative estimate of drug-likeness (QED) is 0.0505. The van der Waals surface area contributed by atoms with Crippen molar-refractivity contribution in [1.82, 2.24) is 0 Å². The first-order chi connectivity index (χ1) is 42.9. The number of ether oxygens (including phenoxy) is 11. The first-order valence-corrected chi connectivity index (χ1v) is 31.4. The van der Waals surface area contributed by atoms with Crippen LogP contribution in [0.5, 0.6) is 5.75 Å². The van der Waals surface area contributed by atoms with Gasteiger partial charge in [0.2, 0.25) is 0 Å².